The molecule has 2 aromatic carbocycles. The molecule has 1 saturated heterocycles. The molecule has 0 aromatic heterocycles. The Morgan fingerprint density at radius 1 is 0.741 bits per heavy atom. The molecule has 0 bridgehead atoms. The Kier molecular flexibility index (Phi) is 5.48. The van der Waals surface area contributed by atoms with Crippen LogP contribution in [0, 0.1) is 0 Å². The highest BCUT2D eigenvalue weighted by molar-refractivity contribution is 5.64. The normalized spacial score (nSPS) is 17.7. The highest BCUT2D eigenvalue weighted by Crippen LogP contribution is 2.38. The Hall–Kier alpha value is -2.06. The fraction of sp³-hybridized carbons (Fsp3) is 0.368. The first-order valence-corrected chi connectivity index (χ1v) is 8.45. The van der Waals surface area contributed by atoms with E-state index in [1.807, 2.05) is 0 Å². The lowest BCUT2D eigenvalue weighted by molar-refractivity contribution is -0.187. The van der Waals surface area contributed by atoms with Crippen LogP contribution in [0.5, 0.6) is 0 Å². The molecule has 0 spiro atoms. The van der Waals surface area contributed by atoms with Gasteiger partial charge in [-0.1, -0.05) is 36.4 Å². The quantitative estimate of drug-likeness (QED) is 0.754. The monoisotopic (exact) mass is 388 g/mol. The first-order valence-electron chi connectivity index (χ1n) is 8.45. The molecular weight excluding hydrogens is 370 g/mol. The second kappa shape index (κ2) is 7.52. The Morgan fingerprint density at radius 2 is 1.22 bits per heavy atom. The zero-order valence-corrected chi connectivity index (χ0v) is 14.2. The largest absolute Gasteiger partial charge is 0.416 e. The number of nitrogens with zero attached hydrogens (tertiary/aromatic N) is 1. The van der Waals surface area contributed by atoms with Crippen LogP contribution in [0.3, 0.4) is 0 Å². The lowest BCUT2D eigenvalue weighted by atomic mass is 9.98. The maximum absolute atomic E-state index is 13.6. The standard InChI is InChI=1S/C19H18F6N2/c20-18(21,22)16-7-5-14(6-8-16)13-1-3-15(4-2-13)17(19(23,24)25)27-11-9-26-10-12-27/h1-8,17,26H,9-12H2/t17-/m0/s1. The van der Waals surface area contributed by atoms with E-state index in [2.05, 4.69) is 5.32 Å². The molecule has 2 aromatic rings. The van der Waals surface area contributed by atoms with Gasteiger partial charge in [0, 0.05) is 26.2 Å². The van der Waals surface area contributed by atoms with Crippen molar-refractivity contribution in [2.75, 3.05) is 26.2 Å². The van der Waals surface area contributed by atoms with Crippen molar-refractivity contribution in [2.45, 2.75) is 18.4 Å². The van der Waals surface area contributed by atoms with E-state index in [4.69, 9.17) is 0 Å². The fourth-order valence-electron chi connectivity index (χ4n) is 3.26. The molecule has 1 fully saturated rings. The predicted molar refractivity (Wildman–Crippen MR) is 90.1 cm³/mol. The van der Waals surface area contributed by atoms with Gasteiger partial charge in [-0.05, 0) is 28.8 Å². The molecule has 1 heterocycles. The molecule has 8 heteroatoms. The third kappa shape index (κ3) is 4.62. The third-order valence-electron chi connectivity index (χ3n) is 4.60. The van der Waals surface area contributed by atoms with Gasteiger partial charge in [-0.15, -0.1) is 0 Å². The van der Waals surface area contributed by atoms with Gasteiger partial charge < -0.3 is 5.32 Å². The number of alkyl halides is 6. The number of benzene rings is 2. The smallest absolute Gasteiger partial charge is 0.314 e. The van der Waals surface area contributed by atoms with Crippen molar-refractivity contribution < 1.29 is 26.3 Å². The Bertz CT molecular complexity index is 744. The van der Waals surface area contributed by atoms with Gasteiger partial charge in [-0.25, -0.2) is 0 Å². The van der Waals surface area contributed by atoms with Gasteiger partial charge in [0.2, 0.25) is 0 Å². The highest BCUT2D eigenvalue weighted by Gasteiger charge is 2.44. The summed E-state index contributed by atoms with van der Waals surface area (Å²) in [5.41, 5.74) is 0.438. The molecule has 0 amide bonds. The first-order chi connectivity index (χ1) is 12.7. The predicted octanol–water partition coefficient (Wildman–Crippen LogP) is 4.88. The van der Waals surface area contributed by atoms with Gasteiger partial charge in [0.05, 0.1) is 5.56 Å². The van der Waals surface area contributed by atoms with Gasteiger partial charge in [-0.2, -0.15) is 26.3 Å². The third-order valence-corrected chi connectivity index (χ3v) is 4.60. The molecule has 3 rings (SSSR count). The average Bonchev–Trinajstić information content (AvgIpc) is 2.62. The van der Waals surface area contributed by atoms with Crippen molar-refractivity contribution >= 4 is 0 Å². The van der Waals surface area contributed by atoms with Gasteiger partial charge >= 0.3 is 12.4 Å². The number of hydrogen-bond donors (Lipinski definition) is 1. The molecule has 27 heavy (non-hydrogen) atoms. The van der Waals surface area contributed by atoms with Crippen LogP contribution in [-0.4, -0.2) is 37.3 Å². The summed E-state index contributed by atoms with van der Waals surface area (Å²) in [6, 6.07) is 8.68. The number of piperazine rings is 1. The van der Waals surface area contributed by atoms with E-state index in [0.717, 1.165) is 12.1 Å². The van der Waals surface area contributed by atoms with Crippen molar-refractivity contribution in [1.29, 1.82) is 0 Å². The molecule has 1 N–H and O–H groups in total. The summed E-state index contributed by atoms with van der Waals surface area (Å²) in [6.45, 7) is 1.59. The van der Waals surface area contributed by atoms with Crippen molar-refractivity contribution in [2.24, 2.45) is 0 Å². The number of halogens is 6. The van der Waals surface area contributed by atoms with E-state index in [0.29, 0.717) is 37.3 Å². The minimum absolute atomic E-state index is 0.125. The van der Waals surface area contributed by atoms with Crippen LogP contribution in [0.4, 0.5) is 26.3 Å². The van der Waals surface area contributed by atoms with E-state index in [9.17, 15) is 26.3 Å². The number of nitrogens with one attached hydrogen (secondary N) is 1. The maximum atomic E-state index is 13.6. The van der Waals surface area contributed by atoms with E-state index in [-0.39, 0.29) is 5.56 Å². The van der Waals surface area contributed by atoms with E-state index in [1.165, 1.54) is 41.3 Å². The average molecular weight is 388 g/mol. The van der Waals surface area contributed by atoms with Crippen molar-refractivity contribution in [1.82, 2.24) is 10.2 Å². The molecule has 1 aliphatic rings. The summed E-state index contributed by atoms with van der Waals surface area (Å²) in [7, 11) is 0. The van der Waals surface area contributed by atoms with Gasteiger partial charge in [0.1, 0.15) is 6.04 Å². The van der Waals surface area contributed by atoms with Crippen LogP contribution < -0.4 is 5.32 Å². The Labute approximate surface area is 152 Å². The second-order valence-electron chi connectivity index (χ2n) is 6.43. The van der Waals surface area contributed by atoms with Crippen molar-refractivity contribution in [3.63, 3.8) is 0 Å². The van der Waals surface area contributed by atoms with Crippen LogP contribution >= 0.6 is 0 Å². The fourth-order valence-corrected chi connectivity index (χ4v) is 3.26. The molecular formula is C19H18F6N2. The minimum atomic E-state index is -4.42. The maximum Gasteiger partial charge on any atom is 0.416 e. The molecule has 2 nitrogen and oxygen atoms in total. The van der Waals surface area contributed by atoms with Gasteiger partial charge in [0.25, 0.3) is 0 Å². The summed E-state index contributed by atoms with van der Waals surface area (Å²) >= 11 is 0. The number of rotatable bonds is 3. The summed E-state index contributed by atoms with van der Waals surface area (Å²) in [4.78, 5) is 1.39. The molecule has 0 saturated carbocycles. The van der Waals surface area contributed by atoms with Crippen LogP contribution in [0.25, 0.3) is 11.1 Å². The number of hydrogen-bond acceptors (Lipinski definition) is 2. The summed E-state index contributed by atoms with van der Waals surface area (Å²) in [5, 5.41) is 3.03. The first kappa shape index (κ1) is 19.7. The van der Waals surface area contributed by atoms with Crippen molar-refractivity contribution in [3.05, 3.63) is 59.7 Å². The molecule has 1 atom stereocenters. The zero-order valence-electron chi connectivity index (χ0n) is 14.2. The SMILES string of the molecule is FC(F)(F)c1ccc(-c2ccc([C@H](N3CCNCC3)C(F)(F)F)cc2)cc1. The van der Waals surface area contributed by atoms with Crippen LogP contribution in [0.2, 0.25) is 0 Å². The molecule has 0 unspecified atom stereocenters. The lowest BCUT2D eigenvalue weighted by Gasteiger charge is -2.36. The van der Waals surface area contributed by atoms with Crippen LogP contribution in [0.15, 0.2) is 48.5 Å². The molecule has 0 radical (unpaired) electrons. The lowest BCUT2D eigenvalue weighted by Crippen LogP contribution is -2.49. The Morgan fingerprint density at radius 3 is 1.67 bits per heavy atom. The molecule has 146 valence electrons. The van der Waals surface area contributed by atoms with Gasteiger partial charge in [-0.3, -0.25) is 4.90 Å². The molecule has 0 aliphatic carbocycles. The minimum Gasteiger partial charge on any atom is -0.314 e. The second-order valence-corrected chi connectivity index (χ2v) is 6.43. The van der Waals surface area contributed by atoms with Crippen molar-refractivity contribution in [3.8, 4) is 11.1 Å². The summed E-state index contributed by atoms with van der Waals surface area (Å²) in [5.74, 6) is 0. The molecule has 1 aliphatic heterocycles. The zero-order chi connectivity index (χ0) is 19.7. The van der Waals surface area contributed by atoms with E-state index >= 15 is 0 Å². The van der Waals surface area contributed by atoms with E-state index in [1.54, 1.807) is 0 Å². The van der Waals surface area contributed by atoms with Gasteiger partial charge in [0.15, 0.2) is 0 Å². The summed E-state index contributed by atoms with van der Waals surface area (Å²) in [6.07, 6.45) is -8.83. The van der Waals surface area contributed by atoms with Crippen LogP contribution in [0.1, 0.15) is 17.2 Å². The van der Waals surface area contributed by atoms with Crippen LogP contribution in [-0.2, 0) is 6.18 Å². The summed E-state index contributed by atoms with van der Waals surface area (Å²) < 4.78 is 78.7. The topological polar surface area (TPSA) is 15.3 Å². The van der Waals surface area contributed by atoms with E-state index < -0.39 is 24.0 Å². The Balaban J connectivity index is 1.84. The highest BCUT2D eigenvalue weighted by atomic mass is 19.4.